The van der Waals surface area contributed by atoms with Gasteiger partial charge in [-0.25, -0.2) is 8.42 Å². The zero-order valence-corrected chi connectivity index (χ0v) is 19.1. The van der Waals surface area contributed by atoms with Gasteiger partial charge in [-0.1, -0.05) is 35.3 Å². The molecule has 0 aliphatic heterocycles. The maximum atomic E-state index is 13.4. The van der Waals surface area contributed by atoms with Gasteiger partial charge in [0.2, 0.25) is 0 Å². The molecule has 4 rings (SSSR count). The molecule has 0 saturated carbocycles. The van der Waals surface area contributed by atoms with Gasteiger partial charge in [0.25, 0.3) is 0 Å². The van der Waals surface area contributed by atoms with Crippen molar-refractivity contribution in [3.63, 3.8) is 0 Å². The molecule has 0 unspecified atom stereocenters. The van der Waals surface area contributed by atoms with Gasteiger partial charge in [-0.3, -0.25) is 4.98 Å². The largest absolute Gasteiger partial charge is 0.456 e. The number of hydrogen-bond donors (Lipinski definition) is 0. The van der Waals surface area contributed by atoms with Crippen LogP contribution in [0.15, 0.2) is 71.8 Å². The number of benzene rings is 3. The van der Waals surface area contributed by atoms with Crippen LogP contribution in [0.25, 0.3) is 22.0 Å². The Morgan fingerprint density at radius 2 is 1.67 bits per heavy atom. The summed E-state index contributed by atoms with van der Waals surface area (Å²) < 4.78 is 69.5. The Bertz CT molecular complexity index is 1490. The molecule has 4 aromatic rings. The summed E-state index contributed by atoms with van der Waals surface area (Å²) in [5.41, 5.74) is -0.155. The summed E-state index contributed by atoms with van der Waals surface area (Å²) in [7, 11) is -3.44. The first-order valence-corrected chi connectivity index (χ1v) is 12.0. The fraction of sp³-hybridized carbons (Fsp3) is 0.0870. The van der Waals surface area contributed by atoms with Crippen molar-refractivity contribution in [1.82, 2.24) is 4.98 Å². The molecular formula is C23H14Cl2F3NO3S. The van der Waals surface area contributed by atoms with Gasteiger partial charge in [0.1, 0.15) is 11.5 Å². The van der Waals surface area contributed by atoms with E-state index in [0.717, 1.165) is 12.3 Å². The molecule has 0 bridgehead atoms. The predicted molar refractivity (Wildman–Crippen MR) is 122 cm³/mol. The van der Waals surface area contributed by atoms with Crippen LogP contribution in [-0.4, -0.2) is 19.7 Å². The number of pyridine rings is 1. The van der Waals surface area contributed by atoms with Crippen molar-refractivity contribution in [2.75, 3.05) is 6.26 Å². The second-order valence-corrected chi connectivity index (χ2v) is 10.00. The molecule has 0 spiro atoms. The lowest BCUT2D eigenvalue weighted by molar-refractivity contribution is -0.136. The van der Waals surface area contributed by atoms with Gasteiger partial charge in [-0.2, -0.15) is 13.2 Å². The molecule has 0 amide bonds. The molecule has 0 saturated heterocycles. The van der Waals surface area contributed by atoms with Crippen molar-refractivity contribution in [3.8, 4) is 22.6 Å². The highest BCUT2D eigenvalue weighted by molar-refractivity contribution is 7.90. The van der Waals surface area contributed by atoms with Crippen molar-refractivity contribution >= 4 is 43.9 Å². The number of hydrogen-bond acceptors (Lipinski definition) is 4. The molecule has 3 aromatic carbocycles. The van der Waals surface area contributed by atoms with E-state index in [4.69, 9.17) is 27.9 Å². The maximum absolute atomic E-state index is 13.4. The fourth-order valence-electron chi connectivity index (χ4n) is 3.34. The Balaban J connectivity index is 1.79. The summed E-state index contributed by atoms with van der Waals surface area (Å²) in [4.78, 5) is 3.97. The summed E-state index contributed by atoms with van der Waals surface area (Å²) >= 11 is 12.6. The number of nitrogens with zero attached hydrogens (tertiary/aromatic N) is 1. The van der Waals surface area contributed by atoms with E-state index in [1.165, 1.54) is 36.5 Å². The lowest BCUT2D eigenvalue weighted by Gasteiger charge is -2.14. The number of fused-ring (bicyclic) bond motifs is 1. The minimum atomic E-state index is -4.56. The fourth-order valence-corrected chi connectivity index (χ4v) is 4.49. The highest BCUT2D eigenvalue weighted by atomic mass is 35.5. The van der Waals surface area contributed by atoms with Crippen LogP contribution in [0.4, 0.5) is 13.2 Å². The van der Waals surface area contributed by atoms with Gasteiger partial charge < -0.3 is 4.74 Å². The number of para-hydroxylation sites is 1. The third-order valence-electron chi connectivity index (χ3n) is 4.86. The van der Waals surface area contributed by atoms with Crippen molar-refractivity contribution in [3.05, 3.63) is 82.5 Å². The van der Waals surface area contributed by atoms with E-state index in [2.05, 4.69) is 4.98 Å². The topological polar surface area (TPSA) is 56.3 Å². The molecule has 10 heteroatoms. The average Bonchev–Trinajstić information content (AvgIpc) is 2.74. The van der Waals surface area contributed by atoms with Crippen LogP contribution >= 0.6 is 23.2 Å². The van der Waals surface area contributed by atoms with Gasteiger partial charge in [-0.05, 0) is 54.1 Å². The highest BCUT2D eigenvalue weighted by Crippen LogP contribution is 2.40. The molecule has 0 aliphatic carbocycles. The van der Waals surface area contributed by atoms with E-state index in [9.17, 15) is 21.6 Å². The average molecular weight is 512 g/mol. The van der Waals surface area contributed by atoms with Gasteiger partial charge in [0, 0.05) is 28.4 Å². The number of halogens is 5. The molecule has 1 heterocycles. The third kappa shape index (κ3) is 4.78. The lowest BCUT2D eigenvalue weighted by atomic mass is 9.99. The minimum absolute atomic E-state index is 0.0420. The second-order valence-electron chi connectivity index (χ2n) is 7.17. The van der Waals surface area contributed by atoms with Crippen LogP contribution in [-0.2, 0) is 16.0 Å². The highest BCUT2D eigenvalue weighted by Gasteiger charge is 2.33. The normalized spacial score (nSPS) is 12.2. The Morgan fingerprint density at radius 1 is 0.909 bits per heavy atom. The van der Waals surface area contributed by atoms with E-state index in [0.29, 0.717) is 21.9 Å². The van der Waals surface area contributed by atoms with Crippen LogP contribution in [0.3, 0.4) is 0 Å². The molecule has 170 valence electrons. The van der Waals surface area contributed by atoms with Crippen LogP contribution in [0, 0.1) is 0 Å². The smallest absolute Gasteiger partial charge is 0.418 e. The maximum Gasteiger partial charge on any atom is 0.418 e. The first-order valence-electron chi connectivity index (χ1n) is 9.37. The Morgan fingerprint density at radius 3 is 2.33 bits per heavy atom. The molecule has 0 aliphatic rings. The summed E-state index contributed by atoms with van der Waals surface area (Å²) in [5.74, 6) is 0.511. The number of sulfone groups is 1. The number of ether oxygens (including phenoxy) is 1. The van der Waals surface area contributed by atoms with Crippen molar-refractivity contribution < 1.29 is 26.3 Å². The first-order chi connectivity index (χ1) is 15.4. The molecule has 0 N–H and O–H groups in total. The molecule has 4 nitrogen and oxygen atoms in total. The van der Waals surface area contributed by atoms with Crippen LogP contribution in [0.1, 0.15) is 5.56 Å². The molecule has 33 heavy (non-hydrogen) atoms. The lowest BCUT2D eigenvalue weighted by Crippen LogP contribution is -2.06. The van der Waals surface area contributed by atoms with E-state index in [-0.39, 0.29) is 26.6 Å². The Kier molecular flexibility index (Phi) is 6.03. The quantitative estimate of drug-likeness (QED) is 0.286. The zero-order chi connectivity index (χ0) is 24.0. The van der Waals surface area contributed by atoms with E-state index in [1.54, 1.807) is 24.3 Å². The number of rotatable bonds is 4. The van der Waals surface area contributed by atoms with Crippen molar-refractivity contribution in [2.45, 2.75) is 11.1 Å². The van der Waals surface area contributed by atoms with Crippen molar-refractivity contribution in [1.29, 1.82) is 0 Å². The molecule has 0 radical (unpaired) electrons. The van der Waals surface area contributed by atoms with Crippen LogP contribution < -0.4 is 4.74 Å². The summed E-state index contributed by atoms with van der Waals surface area (Å²) in [6, 6.07) is 14.1. The van der Waals surface area contributed by atoms with E-state index < -0.39 is 21.6 Å². The van der Waals surface area contributed by atoms with Gasteiger partial charge in [-0.15, -0.1) is 0 Å². The van der Waals surface area contributed by atoms with Gasteiger partial charge in [0.05, 0.1) is 21.0 Å². The second kappa shape index (κ2) is 8.52. The molecular weight excluding hydrogens is 498 g/mol. The Labute approximate surface area is 197 Å². The monoisotopic (exact) mass is 511 g/mol. The van der Waals surface area contributed by atoms with Crippen molar-refractivity contribution in [2.24, 2.45) is 0 Å². The summed E-state index contributed by atoms with van der Waals surface area (Å²) in [6.45, 7) is 0. The summed E-state index contributed by atoms with van der Waals surface area (Å²) in [6.07, 6.45) is -2.21. The summed E-state index contributed by atoms with van der Waals surface area (Å²) in [5, 5.41) is 0.659. The molecule has 0 fully saturated rings. The number of aromatic nitrogens is 1. The zero-order valence-electron chi connectivity index (χ0n) is 16.8. The first kappa shape index (κ1) is 23.4. The van der Waals surface area contributed by atoms with Crippen LogP contribution in [0.5, 0.6) is 11.5 Å². The third-order valence-corrected chi connectivity index (χ3v) is 6.60. The van der Waals surface area contributed by atoms with Gasteiger partial charge in [0.15, 0.2) is 9.84 Å². The minimum Gasteiger partial charge on any atom is -0.456 e. The van der Waals surface area contributed by atoms with Crippen LogP contribution in [0.2, 0.25) is 10.0 Å². The SMILES string of the molecule is CS(=O)(=O)c1ccc(Oc2ccc(Cl)c(-c3ccnc4c(C(F)(F)F)cccc34)c2)c(Cl)c1. The van der Waals surface area contributed by atoms with E-state index >= 15 is 0 Å². The molecule has 0 atom stereocenters. The standard InChI is InChI=1S/C23H14Cl2F3NO3S/c1-33(30,31)14-6-8-21(20(25)12-14)32-13-5-7-19(24)17(11-13)15-9-10-29-22-16(15)3-2-4-18(22)23(26,27)28/h2-12H,1H3. The Hall–Kier alpha value is -2.81. The predicted octanol–water partition coefficient (Wildman–Crippen LogP) is 7.42. The van der Waals surface area contributed by atoms with E-state index in [1.807, 2.05) is 0 Å². The van der Waals surface area contributed by atoms with Gasteiger partial charge >= 0.3 is 6.18 Å². The number of alkyl halides is 3. The molecule has 1 aromatic heterocycles.